The first kappa shape index (κ1) is 14.8. The molecule has 2 aromatic carbocycles. The fourth-order valence-electron chi connectivity index (χ4n) is 1.89. The van der Waals surface area contributed by atoms with Crippen LogP contribution in [0.4, 0.5) is 4.39 Å². The van der Waals surface area contributed by atoms with Gasteiger partial charge < -0.3 is 10.5 Å². The third kappa shape index (κ3) is 3.69. The lowest BCUT2D eigenvalue weighted by molar-refractivity contribution is 0.414. The third-order valence-electron chi connectivity index (χ3n) is 3.02. The molecule has 0 spiro atoms. The van der Waals surface area contributed by atoms with Crippen molar-refractivity contribution in [1.82, 2.24) is 0 Å². The molecule has 0 aromatic heterocycles. The van der Waals surface area contributed by atoms with Gasteiger partial charge in [0.2, 0.25) is 0 Å². The number of benzene rings is 2. The molecule has 3 nitrogen and oxygen atoms in total. The summed E-state index contributed by atoms with van der Waals surface area (Å²) in [7, 11) is 1.62. The van der Waals surface area contributed by atoms with Gasteiger partial charge in [-0.15, -0.1) is 0 Å². The van der Waals surface area contributed by atoms with Gasteiger partial charge in [-0.2, -0.15) is 0 Å². The number of allylic oxidation sites excluding steroid dienone is 1. The van der Waals surface area contributed by atoms with Crippen molar-refractivity contribution < 1.29 is 9.13 Å². The number of ether oxygens (including phenoxy) is 1. The Balaban J connectivity index is 2.33. The van der Waals surface area contributed by atoms with Crippen LogP contribution in [0.25, 0.3) is 5.70 Å². The molecular weight excluding hydrogens is 267 g/mol. The molecule has 0 aliphatic rings. The average molecular weight is 284 g/mol. The van der Waals surface area contributed by atoms with E-state index in [2.05, 4.69) is 4.99 Å². The maximum Gasteiger partial charge on any atom is 0.131 e. The minimum atomic E-state index is -0.300. The first-order valence-corrected chi connectivity index (χ1v) is 6.55. The third-order valence-corrected chi connectivity index (χ3v) is 3.02. The van der Waals surface area contributed by atoms with Gasteiger partial charge in [0.25, 0.3) is 0 Å². The van der Waals surface area contributed by atoms with E-state index < -0.39 is 0 Å². The van der Waals surface area contributed by atoms with Crippen molar-refractivity contribution in [3.05, 3.63) is 71.6 Å². The Labute approximate surface area is 123 Å². The molecule has 108 valence electrons. The largest absolute Gasteiger partial charge is 0.497 e. The average Bonchev–Trinajstić information content (AvgIpc) is 2.53. The van der Waals surface area contributed by atoms with E-state index in [9.17, 15) is 4.39 Å². The van der Waals surface area contributed by atoms with E-state index in [0.29, 0.717) is 11.4 Å². The first-order valence-electron chi connectivity index (χ1n) is 6.55. The van der Waals surface area contributed by atoms with Crippen molar-refractivity contribution in [2.24, 2.45) is 10.7 Å². The summed E-state index contributed by atoms with van der Waals surface area (Å²) in [6, 6.07) is 13.5. The SMILES string of the molecule is CC=C(N=C(N)c1ccc(F)cc1)c1cccc(OC)c1. The maximum atomic E-state index is 12.9. The number of rotatable bonds is 4. The van der Waals surface area contributed by atoms with Gasteiger partial charge in [-0.1, -0.05) is 18.2 Å². The molecule has 0 radical (unpaired) electrons. The molecule has 4 heteroatoms. The predicted octanol–water partition coefficient (Wildman–Crippen LogP) is 3.60. The van der Waals surface area contributed by atoms with Crippen LogP contribution in [0.1, 0.15) is 18.1 Å². The molecule has 0 heterocycles. The number of amidine groups is 1. The van der Waals surface area contributed by atoms with Crippen LogP contribution >= 0.6 is 0 Å². The van der Waals surface area contributed by atoms with Crippen LogP contribution in [0.2, 0.25) is 0 Å². The quantitative estimate of drug-likeness (QED) is 0.689. The minimum Gasteiger partial charge on any atom is -0.497 e. The van der Waals surface area contributed by atoms with Gasteiger partial charge in [0.15, 0.2) is 0 Å². The molecule has 0 fully saturated rings. The molecule has 0 atom stereocenters. The van der Waals surface area contributed by atoms with E-state index in [1.54, 1.807) is 19.2 Å². The number of aliphatic imine (C=N–C) groups is 1. The Morgan fingerprint density at radius 2 is 1.86 bits per heavy atom. The van der Waals surface area contributed by atoms with Gasteiger partial charge in [-0.25, -0.2) is 9.38 Å². The number of nitrogens with two attached hydrogens (primary N) is 1. The summed E-state index contributed by atoms with van der Waals surface area (Å²) in [5.41, 5.74) is 8.30. The molecule has 2 aromatic rings. The summed E-state index contributed by atoms with van der Waals surface area (Å²) >= 11 is 0. The smallest absolute Gasteiger partial charge is 0.131 e. The first-order chi connectivity index (χ1) is 10.1. The van der Waals surface area contributed by atoms with E-state index >= 15 is 0 Å². The van der Waals surface area contributed by atoms with Crippen molar-refractivity contribution in [1.29, 1.82) is 0 Å². The zero-order chi connectivity index (χ0) is 15.2. The predicted molar refractivity (Wildman–Crippen MR) is 83.8 cm³/mol. The van der Waals surface area contributed by atoms with E-state index in [-0.39, 0.29) is 5.82 Å². The Morgan fingerprint density at radius 3 is 2.48 bits per heavy atom. The van der Waals surface area contributed by atoms with E-state index in [1.807, 2.05) is 37.3 Å². The summed E-state index contributed by atoms with van der Waals surface area (Å²) in [6.45, 7) is 1.89. The second-order valence-electron chi connectivity index (χ2n) is 4.41. The van der Waals surface area contributed by atoms with Gasteiger partial charge in [-0.05, 0) is 43.3 Å². The van der Waals surface area contributed by atoms with Crippen molar-refractivity contribution in [2.45, 2.75) is 6.92 Å². The van der Waals surface area contributed by atoms with E-state index in [0.717, 1.165) is 17.0 Å². The molecule has 0 aliphatic heterocycles. The summed E-state index contributed by atoms with van der Waals surface area (Å²) in [4.78, 5) is 4.42. The Bertz CT molecular complexity index is 675. The Morgan fingerprint density at radius 1 is 1.14 bits per heavy atom. The number of hydrogen-bond donors (Lipinski definition) is 1. The highest BCUT2D eigenvalue weighted by Crippen LogP contribution is 2.21. The van der Waals surface area contributed by atoms with Crippen LogP contribution in [0.15, 0.2) is 59.6 Å². The van der Waals surface area contributed by atoms with E-state index in [1.165, 1.54) is 12.1 Å². The number of hydrogen-bond acceptors (Lipinski definition) is 2. The molecule has 21 heavy (non-hydrogen) atoms. The zero-order valence-corrected chi connectivity index (χ0v) is 12.0. The van der Waals surface area contributed by atoms with Gasteiger partial charge in [0.1, 0.15) is 17.4 Å². The molecule has 0 aliphatic carbocycles. The van der Waals surface area contributed by atoms with Crippen molar-refractivity contribution in [3.63, 3.8) is 0 Å². The molecule has 2 N–H and O–H groups in total. The summed E-state index contributed by atoms with van der Waals surface area (Å²) in [6.07, 6.45) is 1.87. The topological polar surface area (TPSA) is 47.6 Å². The van der Waals surface area contributed by atoms with Crippen LogP contribution in [-0.2, 0) is 0 Å². The van der Waals surface area contributed by atoms with Crippen molar-refractivity contribution >= 4 is 11.5 Å². The fourth-order valence-corrected chi connectivity index (χ4v) is 1.89. The maximum absolute atomic E-state index is 12.9. The molecule has 0 bridgehead atoms. The molecule has 0 saturated carbocycles. The Hall–Kier alpha value is -2.62. The second-order valence-corrected chi connectivity index (χ2v) is 4.41. The summed E-state index contributed by atoms with van der Waals surface area (Å²) in [5.74, 6) is 0.791. The molecular formula is C17H17FN2O. The second kappa shape index (κ2) is 6.70. The highest BCUT2D eigenvalue weighted by molar-refractivity contribution is 6.00. The van der Waals surface area contributed by atoms with Gasteiger partial charge >= 0.3 is 0 Å². The Kier molecular flexibility index (Phi) is 4.72. The van der Waals surface area contributed by atoms with Crippen LogP contribution in [-0.4, -0.2) is 12.9 Å². The van der Waals surface area contributed by atoms with Gasteiger partial charge in [0, 0.05) is 11.1 Å². The van der Waals surface area contributed by atoms with Crippen LogP contribution in [0, 0.1) is 5.82 Å². The standard InChI is InChI=1S/C17H17FN2O/c1-3-16(13-5-4-6-15(11-13)21-2)20-17(19)12-7-9-14(18)10-8-12/h3-11H,1-2H3,(H2,19,20). The number of nitrogens with zero attached hydrogens (tertiary/aromatic N) is 1. The zero-order valence-electron chi connectivity index (χ0n) is 12.0. The minimum absolute atomic E-state index is 0.300. The molecule has 0 unspecified atom stereocenters. The lowest BCUT2D eigenvalue weighted by Gasteiger charge is -2.07. The van der Waals surface area contributed by atoms with Crippen molar-refractivity contribution in [2.75, 3.05) is 7.11 Å². The van der Waals surface area contributed by atoms with E-state index in [4.69, 9.17) is 10.5 Å². The lowest BCUT2D eigenvalue weighted by atomic mass is 10.1. The highest BCUT2D eigenvalue weighted by Gasteiger charge is 2.04. The van der Waals surface area contributed by atoms with Crippen LogP contribution in [0.5, 0.6) is 5.75 Å². The molecule has 2 rings (SSSR count). The number of methoxy groups -OCH3 is 1. The van der Waals surface area contributed by atoms with Crippen LogP contribution in [0.3, 0.4) is 0 Å². The fraction of sp³-hybridized carbons (Fsp3) is 0.118. The summed E-state index contributed by atoms with van der Waals surface area (Å²) in [5, 5.41) is 0. The van der Waals surface area contributed by atoms with Gasteiger partial charge in [0.05, 0.1) is 12.8 Å². The molecule has 0 saturated heterocycles. The lowest BCUT2D eigenvalue weighted by Crippen LogP contribution is -2.13. The van der Waals surface area contributed by atoms with Crippen LogP contribution < -0.4 is 10.5 Å². The molecule has 0 amide bonds. The highest BCUT2D eigenvalue weighted by atomic mass is 19.1. The monoisotopic (exact) mass is 284 g/mol. The number of halogens is 1. The summed E-state index contributed by atoms with van der Waals surface area (Å²) < 4.78 is 18.1. The normalized spacial score (nSPS) is 12.3. The van der Waals surface area contributed by atoms with Gasteiger partial charge in [-0.3, -0.25) is 0 Å². The van der Waals surface area contributed by atoms with Crippen molar-refractivity contribution in [3.8, 4) is 5.75 Å².